The predicted octanol–water partition coefficient (Wildman–Crippen LogP) is 1.47. The molecule has 1 aromatic heterocycles. The van der Waals surface area contributed by atoms with Crippen LogP contribution in [0.3, 0.4) is 0 Å². The average molecular weight is 273 g/mol. The van der Waals surface area contributed by atoms with Crippen LogP contribution >= 0.6 is 11.5 Å². The SMILES string of the molecule is CCOC(=O)c1c(N)nsc1NCCC(O)CC. The lowest BCUT2D eigenvalue weighted by atomic mass is 10.2. The van der Waals surface area contributed by atoms with Gasteiger partial charge in [0, 0.05) is 6.54 Å². The first-order chi connectivity index (χ1) is 8.60. The van der Waals surface area contributed by atoms with Gasteiger partial charge in [-0.25, -0.2) is 4.79 Å². The fraction of sp³-hybridized carbons (Fsp3) is 0.636. The van der Waals surface area contributed by atoms with Crippen LogP contribution in [-0.2, 0) is 4.74 Å². The fourth-order valence-corrected chi connectivity index (χ4v) is 2.11. The largest absolute Gasteiger partial charge is 0.462 e. The van der Waals surface area contributed by atoms with E-state index in [1.54, 1.807) is 6.92 Å². The van der Waals surface area contributed by atoms with Crippen molar-refractivity contribution in [3.05, 3.63) is 5.56 Å². The van der Waals surface area contributed by atoms with Crippen LogP contribution in [0.15, 0.2) is 0 Å². The van der Waals surface area contributed by atoms with Crippen molar-refractivity contribution in [3.8, 4) is 0 Å². The van der Waals surface area contributed by atoms with Gasteiger partial charge in [0.15, 0.2) is 5.82 Å². The summed E-state index contributed by atoms with van der Waals surface area (Å²) in [7, 11) is 0. The molecule has 0 aliphatic heterocycles. The molecule has 102 valence electrons. The molecule has 0 fully saturated rings. The molecule has 1 heterocycles. The number of anilines is 2. The molecule has 0 aliphatic rings. The number of nitrogens with one attached hydrogen (secondary N) is 1. The maximum atomic E-state index is 11.7. The highest BCUT2D eigenvalue weighted by Gasteiger charge is 2.20. The molecule has 18 heavy (non-hydrogen) atoms. The quantitative estimate of drug-likeness (QED) is 0.651. The Balaban J connectivity index is 2.63. The number of nitrogens with two attached hydrogens (primary N) is 1. The molecule has 0 aliphatic carbocycles. The Morgan fingerprint density at radius 2 is 2.33 bits per heavy atom. The Morgan fingerprint density at radius 3 is 2.94 bits per heavy atom. The van der Waals surface area contributed by atoms with Gasteiger partial charge in [-0.05, 0) is 31.3 Å². The number of hydrogen-bond acceptors (Lipinski definition) is 7. The van der Waals surface area contributed by atoms with Crippen LogP contribution in [0.1, 0.15) is 37.0 Å². The molecule has 0 saturated carbocycles. The third kappa shape index (κ3) is 3.85. The number of aromatic nitrogens is 1. The number of nitrogens with zero attached hydrogens (tertiary/aromatic N) is 1. The zero-order valence-electron chi connectivity index (χ0n) is 10.6. The zero-order chi connectivity index (χ0) is 13.5. The second kappa shape index (κ2) is 7.17. The standard InChI is InChI=1S/C11H19N3O3S/c1-3-7(15)5-6-13-10-8(9(12)14-18-10)11(16)17-4-2/h7,13,15H,3-6H2,1-2H3,(H2,12,14). The molecule has 6 nitrogen and oxygen atoms in total. The Bertz CT molecular complexity index is 395. The molecule has 7 heteroatoms. The Labute approximate surface area is 110 Å². The minimum absolute atomic E-state index is 0.178. The van der Waals surface area contributed by atoms with Crippen LogP contribution in [0.5, 0.6) is 0 Å². The van der Waals surface area contributed by atoms with E-state index >= 15 is 0 Å². The summed E-state index contributed by atoms with van der Waals surface area (Å²) in [5.74, 6) is -0.292. The van der Waals surface area contributed by atoms with Crippen molar-refractivity contribution in [2.24, 2.45) is 0 Å². The highest BCUT2D eigenvalue weighted by atomic mass is 32.1. The molecule has 1 rings (SSSR count). The lowest BCUT2D eigenvalue weighted by Crippen LogP contribution is -2.14. The fourth-order valence-electron chi connectivity index (χ4n) is 1.38. The van der Waals surface area contributed by atoms with Crippen LogP contribution in [0, 0.1) is 0 Å². The van der Waals surface area contributed by atoms with Gasteiger partial charge in [0.2, 0.25) is 0 Å². The van der Waals surface area contributed by atoms with E-state index in [1.807, 2.05) is 6.92 Å². The maximum Gasteiger partial charge on any atom is 0.344 e. The highest BCUT2D eigenvalue weighted by Crippen LogP contribution is 2.27. The van der Waals surface area contributed by atoms with E-state index in [9.17, 15) is 9.90 Å². The summed E-state index contributed by atoms with van der Waals surface area (Å²) in [5, 5.41) is 13.1. The number of hydrogen-bond donors (Lipinski definition) is 3. The first-order valence-electron chi connectivity index (χ1n) is 5.94. The number of esters is 1. The molecule has 4 N–H and O–H groups in total. The second-order valence-corrected chi connectivity index (χ2v) is 4.54. The number of aliphatic hydroxyl groups excluding tert-OH is 1. The first kappa shape index (κ1) is 14.7. The summed E-state index contributed by atoms with van der Waals surface area (Å²) < 4.78 is 8.85. The molecule has 1 aromatic rings. The molecular weight excluding hydrogens is 254 g/mol. The van der Waals surface area contributed by atoms with Gasteiger partial charge in [-0.15, -0.1) is 0 Å². The molecule has 0 amide bonds. The molecule has 1 unspecified atom stereocenters. The maximum absolute atomic E-state index is 11.7. The van der Waals surface area contributed by atoms with Crippen molar-refractivity contribution in [1.29, 1.82) is 0 Å². The van der Waals surface area contributed by atoms with Crippen LogP contribution < -0.4 is 11.1 Å². The monoisotopic (exact) mass is 273 g/mol. The minimum atomic E-state index is -0.470. The third-order valence-electron chi connectivity index (χ3n) is 2.43. The normalized spacial score (nSPS) is 12.2. The van der Waals surface area contributed by atoms with Crippen LogP contribution in [0.4, 0.5) is 10.8 Å². The third-order valence-corrected chi connectivity index (χ3v) is 3.25. The van der Waals surface area contributed by atoms with E-state index in [-0.39, 0.29) is 17.5 Å². The summed E-state index contributed by atoms with van der Waals surface area (Å²) in [6.07, 6.45) is 0.974. The Kier molecular flexibility index (Phi) is 5.87. The van der Waals surface area contributed by atoms with Crippen molar-refractivity contribution in [2.45, 2.75) is 32.8 Å². The molecule has 1 atom stereocenters. The van der Waals surface area contributed by atoms with Gasteiger partial charge in [0.05, 0.1) is 12.7 Å². The van der Waals surface area contributed by atoms with E-state index in [1.165, 1.54) is 0 Å². The smallest absolute Gasteiger partial charge is 0.344 e. The van der Waals surface area contributed by atoms with Crippen molar-refractivity contribution >= 4 is 28.3 Å². The summed E-state index contributed by atoms with van der Waals surface area (Å²) in [4.78, 5) is 11.7. The van der Waals surface area contributed by atoms with Crippen LogP contribution in [0.25, 0.3) is 0 Å². The number of aliphatic hydroxyl groups is 1. The molecule has 0 aromatic carbocycles. The van der Waals surface area contributed by atoms with E-state index in [4.69, 9.17) is 10.5 Å². The van der Waals surface area contributed by atoms with Gasteiger partial charge < -0.3 is 20.9 Å². The molecule has 0 radical (unpaired) electrons. The van der Waals surface area contributed by atoms with Crippen LogP contribution in [-0.4, -0.2) is 34.7 Å². The highest BCUT2D eigenvalue weighted by molar-refractivity contribution is 7.11. The lowest BCUT2D eigenvalue weighted by Gasteiger charge is -2.09. The molecule has 0 saturated heterocycles. The van der Waals surface area contributed by atoms with Crippen LogP contribution in [0.2, 0.25) is 0 Å². The van der Waals surface area contributed by atoms with Gasteiger partial charge in [-0.1, -0.05) is 6.92 Å². The summed E-state index contributed by atoms with van der Waals surface area (Å²) in [6.45, 7) is 4.50. The van der Waals surface area contributed by atoms with Gasteiger partial charge in [0.25, 0.3) is 0 Å². The molecular formula is C11H19N3O3S. The van der Waals surface area contributed by atoms with Crippen molar-refractivity contribution in [2.75, 3.05) is 24.2 Å². The first-order valence-corrected chi connectivity index (χ1v) is 6.71. The number of carbonyl (C=O) groups is 1. The number of carbonyl (C=O) groups excluding carboxylic acids is 1. The molecule has 0 spiro atoms. The molecule has 0 bridgehead atoms. The lowest BCUT2D eigenvalue weighted by molar-refractivity contribution is 0.0529. The average Bonchev–Trinajstić information content (AvgIpc) is 2.70. The van der Waals surface area contributed by atoms with Gasteiger partial charge in [-0.2, -0.15) is 4.37 Å². The van der Waals surface area contributed by atoms with Gasteiger partial charge in [0.1, 0.15) is 10.6 Å². The zero-order valence-corrected chi connectivity index (χ0v) is 11.4. The van der Waals surface area contributed by atoms with E-state index < -0.39 is 5.97 Å². The second-order valence-electron chi connectivity index (χ2n) is 3.77. The van der Waals surface area contributed by atoms with E-state index in [0.29, 0.717) is 31.0 Å². The Hall–Kier alpha value is -1.34. The minimum Gasteiger partial charge on any atom is -0.462 e. The summed E-state index contributed by atoms with van der Waals surface area (Å²) in [6, 6.07) is 0. The van der Waals surface area contributed by atoms with Crippen molar-refractivity contribution in [1.82, 2.24) is 4.37 Å². The van der Waals surface area contributed by atoms with Crippen molar-refractivity contribution in [3.63, 3.8) is 0 Å². The Morgan fingerprint density at radius 1 is 1.61 bits per heavy atom. The number of ether oxygens (including phenoxy) is 1. The number of nitrogen functional groups attached to an aromatic ring is 1. The van der Waals surface area contributed by atoms with Gasteiger partial charge >= 0.3 is 5.97 Å². The van der Waals surface area contributed by atoms with Gasteiger partial charge in [-0.3, -0.25) is 0 Å². The van der Waals surface area contributed by atoms with Crippen molar-refractivity contribution < 1.29 is 14.6 Å². The van der Waals surface area contributed by atoms with E-state index in [2.05, 4.69) is 9.69 Å². The number of rotatable bonds is 7. The summed E-state index contributed by atoms with van der Waals surface area (Å²) >= 11 is 1.12. The summed E-state index contributed by atoms with van der Waals surface area (Å²) in [5.41, 5.74) is 5.92. The predicted molar refractivity (Wildman–Crippen MR) is 71.9 cm³/mol. The van der Waals surface area contributed by atoms with E-state index in [0.717, 1.165) is 11.5 Å². The topological polar surface area (TPSA) is 97.5 Å².